The Labute approximate surface area is 94.9 Å². The smallest absolute Gasteiger partial charge is 0.185 e. The summed E-state index contributed by atoms with van der Waals surface area (Å²) < 4.78 is 5.30. The lowest BCUT2D eigenvalue weighted by molar-refractivity contribution is 0.109. The molecule has 2 aromatic rings. The van der Waals surface area contributed by atoms with E-state index in [4.69, 9.17) is 4.42 Å². The first-order valence-corrected chi connectivity index (χ1v) is 5.46. The summed E-state index contributed by atoms with van der Waals surface area (Å²) in [4.78, 5) is 10.4. The molecule has 1 heterocycles. The lowest BCUT2D eigenvalue weighted by Crippen LogP contribution is -1.88. The van der Waals surface area contributed by atoms with Crippen LogP contribution in [0.25, 0.3) is 0 Å². The predicted molar refractivity (Wildman–Crippen MR) is 62.6 cm³/mol. The molecule has 1 aromatic heterocycles. The van der Waals surface area contributed by atoms with Gasteiger partial charge in [-0.05, 0) is 30.5 Å². The summed E-state index contributed by atoms with van der Waals surface area (Å²) in [7, 11) is 0. The van der Waals surface area contributed by atoms with Gasteiger partial charge in [-0.15, -0.1) is 0 Å². The largest absolute Gasteiger partial charge is 0.458 e. The van der Waals surface area contributed by atoms with Crippen LogP contribution in [-0.4, -0.2) is 6.29 Å². The van der Waals surface area contributed by atoms with E-state index in [9.17, 15) is 4.79 Å². The van der Waals surface area contributed by atoms with Crippen molar-refractivity contribution in [1.82, 2.24) is 0 Å². The fourth-order valence-corrected chi connectivity index (χ4v) is 1.70. The SMILES string of the molecule is O=Cc1ccc(CCCc2ccccc2)o1. The highest BCUT2D eigenvalue weighted by Crippen LogP contribution is 2.10. The van der Waals surface area contributed by atoms with Crippen LogP contribution in [-0.2, 0) is 12.8 Å². The number of hydrogen-bond donors (Lipinski definition) is 0. The molecule has 0 N–H and O–H groups in total. The van der Waals surface area contributed by atoms with Crippen LogP contribution in [0.1, 0.15) is 28.3 Å². The summed E-state index contributed by atoms with van der Waals surface area (Å²) in [5.41, 5.74) is 1.34. The normalized spacial score (nSPS) is 10.2. The summed E-state index contributed by atoms with van der Waals surface area (Å²) in [5.74, 6) is 1.30. The van der Waals surface area contributed by atoms with E-state index >= 15 is 0 Å². The molecule has 16 heavy (non-hydrogen) atoms. The maximum absolute atomic E-state index is 10.4. The van der Waals surface area contributed by atoms with Crippen LogP contribution in [0.15, 0.2) is 46.9 Å². The van der Waals surface area contributed by atoms with E-state index in [0.717, 1.165) is 31.3 Å². The van der Waals surface area contributed by atoms with Gasteiger partial charge in [0.1, 0.15) is 5.76 Å². The van der Waals surface area contributed by atoms with Crippen molar-refractivity contribution in [2.75, 3.05) is 0 Å². The number of aldehydes is 1. The van der Waals surface area contributed by atoms with Crippen LogP contribution in [0.5, 0.6) is 0 Å². The molecule has 2 rings (SSSR count). The minimum Gasteiger partial charge on any atom is -0.458 e. The lowest BCUT2D eigenvalue weighted by atomic mass is 10.1. The van der Waals surface area contributed by atoms with Crippen molar-refractivity contribution in [3.8, 4) is 0 Å². The highest BCUT2D eigenvalue weighted by Gasteiger charge is 2.00. The van der Waals surface area contributed by atoms with Crippen molar-refractivity contribution < 1.29 is 9.21 Å². The molecule has 0 amide bonds. The summed E-state index contributed by atoms with van der Waals surface area (Å²) >= 11 is 0. The van der Waals surface area contributed by atoms with Gasteiger partial charge in [0.2, 0.25) is 0 Å². The van der Waals surface area contributed by atoms with E-state index in [0.29, 0.717) is 5.76 Å². The molecule has 0 aliphatic heterocycles. The monoisotopic (exact) mass is 214 g/mol. The summed E-state index contributed by atoms with van der Waals surface area (Å²) in [6.45, 7) is 0. The van der Waals surface area contributed by atoms with Crippen LogP contribution in [0.3, 0.4) is 0 Å². The van der Waals surface area contributed by atoms with Gasteiger partial charge in [0, 0.05) is 6.42 Å². The van der Waals surface area contributed by atoms with Crippen molar-refractivity contribution in [1.29, 1.82) is 0 Å². The average molecular weight is 214 g/mol. The summed E-state index contributed by atoms with van der Waals surface area (Å²) in [6, 6.07) is 13.9. The number of furan rings is 1. The predicted octanol–water partition coefficient (Wildman–Crippen LogP) is 3.27. The second-order valence-electron chi connectivity index (χ2n) is 3.76. The zero-order valence-corrected chi connectivity index (χ0v) is 9.06. The molecule has 0 unspecified atom stereocenters. The molecule has 2 nitrogen and oxygen atoms in total. The molecule has 0 aliphatic rings. The topological polar surface area (TPSA) is 30.2 Å². The molecular formula is C14H14O2. The second-order valence-corrected chi connectivity index (χ2v) is 3.76. The zero-order chi connectivity index (χ0) is 11.2. The standard InChI is InChI=1S/C14H14O2/c15-11-14-10-9-13(16-14)8-4-7-12-5-2-1-3-6-12/h1-3,5-6,9-11H,4,7-8H2. The van der Waals surface area contributed by atoms with Gasteiger partial charge >= 0.3 is 0 Å². The third kappa shape index (κ3) is 2.83. The molecule has 0 fully saturated rings. The molecule has 82 valence electrons. The van der Waals surface area contributed by atoms with E-state index in [1.54, 1.807) is 6.07 Å². The van der Waals surface area contributed by atoms with Crippen LogP contribution in [0, 0.1) is 0 Å². The molecule has 0 bridgehead atoms. The number of hydrogen-bond acceptors (Lipinski definition) is 2. The fourth-order valence-electron chi connectivity index (χ4n) is 1.70. The number of carbonyl (C=O) groups is 1. The summed E-state index contributed by atoms with van der Waals surface area (Å²) in [5, 5.41) is 0. The number of rotatable bonds is 5. The van der Waals surface area contributed by atoms with E-state index in [1.165, 1.54) is 5.56 Å². The molecule has 1 aromatic carbocycles. The number of aryl methyl sites for hydroxylation is 2. The Bertz CT molecular complexity index is 443. The maximum atomic E-state index is 10.4. The molecule has 0 atom stereocenters. The minimum atomic E-state index is 0.412. The van der Waals surface area contributed by atoms with Crippen molar-refractivity contribution >= 4 is 6.29 Å². The molecule has 0 spiro atoms. The maximum Gasteiger partial charge on any atom is 0.185 e. The first kappa shape index (κ1) is 10.7. The van der Waals surface area contributed by atoms with Crippen LogP contribution < -0.4 is 0 Å². The molecule has 0 radical (unpaired) electrons. The van der Waals surface area contributed by atoms with Crippen LogP contribution >= 0.6 is 0 Å². The van der Waals surface area contributed by atoms with Gasteiger partial charge in [0.25, 0.3) is 0 Å². The highest BCUT2D eigenvalue weighted by molar-refractivity contribution is 5.70. The average Bonchev–Trinajstić information content (AvgIpc) is 2.78. The van der Waals surface area contributed by atoms with Gasteiger partial charge in [-0.2, -0.15) is 0 Å². The van der Waals surface area contributed by atoms with E-state index in [2.05, 4.69) is 12.1 Å². The van der Waals surface area contributed by atoms with Gasteiger partial charge < -0.3 is 4.42 Å². The first-order valence-electron chi connectivity index (χ1n) is 5.46. The number of benzene rings is 1. The quantitative estimate of drug-likeness (QED) is 0.715. The highest BCUT2D eigenvalue weighted by atomic mass is 16.3. The minimum absolute atomic E-state index is 0.412. The lowest BCUT2D eigenvalue weighted by Gasteiger charge is -1.99. The Kier molecular flexibility index (Phi) is 3.54. The van der Waals surface area contributed by atoms with Crippen molar-refractivity contribution in [2.45, 2.75) is 19.3 Å². The third-order valence-corrected chi connectivity index (χ3v) is 2.53. The van der Waals surface area contributed by atoms with E-state index < -0.39 is 0 Å². The zero-order valence-electron chi connectivity index (χ0n) is 9.06. The molecule has 0 saturated carbocycles. The Morgan fingerprint density at radius 1 is 1.00 bits per heavy atom. The van der Waals surface area contributed by atoms with Crippen molar-refractivity contribution in [3.05, 3.63) is 59.5 Å². The Hall–Kier alpha value is -1.83. The molecular weight excluding hydrogens is 200 g/mol. The fraction of sp³-hybridized carbons (Fsp3) is 0.214. The number of carbonyl (C=O) groups excluding carboxylic acids is 1. The van der Waals surface area contributed by atoms with E-state index in [1.807, 2.05) is 24.3 Å². The van der Waals surface area contributed by atoms with Gasteiger partial charge in [0.05, 0.1) is 0 Å². The third-order valence-electron chi connectivity index (χ3n) is 2.53. The molecule has 0 saturated heterocycles. The molecule has 2 heteroatoms. The van der Waals surface area contributed by atoms with Crippen LogP contribution in [0.4, 0.5) is 0 Å². The van der Waals surface area contributed by atoms with Gasteiger partial charge in [0.15, 0.2) is 12.0 Å². The Morgan fingerprint density at radius 3 is 2.50 bits per heavy atom. The molecule has 0 aliphatic carbocycles. The van der Waals surface area contributed by atoms with E-state index in [-0.39, 0.29) is 0 Å². The van der Waals surface area contributed by atoms with Gasteiger partial charge in [-0.1, -0.05) is 30.3 Å². The Balaban J connectivity index is 1.82. The van der Waals surface area contributed by atoms with Gasteiger partial charge in [-0.3, -0.25) is 4.79 Å². The second kappa shape index (κ2) is 5.31. The Morgan fingerprint density at radius 2 is 1.81 bits per heavy atom. The van der Waals surface area contributed by atoms with Crippen LogP contribution in [0.2, 0.25) is 0 Å². The first-order chi connectivity index (χ1) is 7.88. The van der Waals surface area contributed by atoms with Crippen molar-refractivity contribution in [2.24, 2.45) is 0 Å². The summed E-state index contributed by atoms with van der Waals surface area (Å²) in [6.07, 6.45) is 3.69. The van der Waals surface area contributed by atoms with Crippen molar-refractivity contribution in [3.63, 3.8) is 0 Å². The van der Waals surface area contributed by atoms with Gasteiger partial charge in [-0.25, -0.2) is 0 Å².